The molecular weight excluding hydrogens is 184 g/mol. The van der Waals surface area contributed by atoms with Crippen molar-refractivity contribution in [1.82, 2.24) is 4.90 Å². The van der Waals surface area contributed by atoms with Gasteiger partial charge in [-0.15, -0.1) is 0 Å². The molecule has 5 heteroatoms. The number of morpholine rings is 1. The van der Waals surface area contributed by atoms with Gasteiger partial charge in [-0.2, -0.15) is 0 Å². The normalized spacial score (nSPS) is 26.2. The summed E-state index contributed by atoms with van der Waals surface area (Å²) in [5.74, 6) is -0.532. The van der Waals surface area contributed by atoms with Gasteiger partial charge >= 0.3 is 0 Å². The highest BCUT2D eigenvalue weighted by Gasteiger charge is 2.38. The predicted octanol–water partition coefficient (Wildman–Crippen LogP) is -0.747. The summed E-state index contributed by atoms with van der Waals surface area (Å²) in [5, 5.41) is 0. The predicted molar refractivity (Wildman–Crippen MR) is 48.3 cm³/mol. The Bertz CT molecular complexity index is 257. The van der Waals surface area contributed by atoms with Gasteiger partial charge in [0.05, 0.1) is 0 Å². The van der Waals surface area contributed by atoms with E-state index in [9.17, 15) is 9.59 Å². The average Bonchev–Trinajstić information content (AvgIpc) is 2.09. The molecule has 2 N–H and O–H groups in total. The molecule has 14 heavy (non-hydrogen) atoms. The molecule has 2 fully saturated rings. The van der Waals surface area contributed by atoms with Crippen molar-refractivity contribution in [2.75, 3.05) is 19.8 Å². The van der Waals surface area contributed by atoms with Gasteiger partial charge in [0.25, 0.3) is 11.8 Å². The molecule has 2 rings (SSSR count). The number of ether oxygens (including phenoxy) is 1. The van der Waals surface area contributed by atoms with E-state index in [1.807, 2.05) is 0 Å². The summed E-state index contributed by atoms with van der Waals surface area (Å²) >= 11 is 0. The first-order valence-corrected chi connectivity index (χ1v) is 4.81. The second-order valence-corrected chi connectivity index (χ2v) is 4.08. The van der Waals surface area contributed by atoms with Gasteiger partial charge in [0.15, 0.2) is 0 Å². The van der Waals surface area contributed by atoms with Crippen molar-refractivity contribution in [1.29, 1.82) is 0 Å². The molecule has 0 unspecified atom stereocenters. The smallest absolute Gasteiger partial charge is 0.255 e. The summed E-state index contributed by atoms with van der Waals surface area (Å²) in [6.45, 7) is 0.359. The van der Waals surface area contributed by atoms with Crippen LogP contribution in [-0.2, 0) is 14.3 Å². The molecule has 0 atom stereocenters. The fraction of sp³-hybridized carbons (Fsp3) is 0.778. The van der Waals surface area contributed by atoms with E-state index >= 15 is 0 Å². The van der Waals surface area contributed by atoms with Crippen LogP contribution in [0.15, 0.2) is 0 Å². The van der Waals surface area contributed by atoms with Crippen molar-refractivity contribution in [2.24, 2.45) is 5.73 Å². The summed E-state index contributed by atoms with van der Waals surface area (Å²) in [4.78, 5) is 23.9. The maximum atomic E-state index is 11.3. The molecule has 2 aliphatic rings. The first-order valence-electron chi connectivity index (χ1n) is 4.81. The minimum Gasteiger partial charge on any atom is -0.362 e. The molecule has 1 aliphatic carbocycles. The molecule has 1 aliphatic heterocycles. The molecule has 1 saturated heterocycles. The van der Waals surface area contributed by atoms with Crippen molar-refractivity contribution in [2.45, 2.75) is 24.8 Å². The quantitative estimate of drug-likeness (QED) is 0.593. The van der Waals surface area contributed by atoms with Crippen LogP contribution in [0.25, 0.3) is 0 Å². The van der Waals surface area contributed by atoms with Gasteiger partial charge in [-0.3, -0.25) is 14.5 Å². The highest BCUT2D eigenvalue weighted by Crippen LogP contribution is 2.30. The lowest BCUT2D eigenvalue weighted by Gasteiger charge is -2.41. The van der Waals surface area contributed by atoms with E-state index < -0.39 is 0 Å². The summed E-state index contributed by atoms with van der Waals surface area (Å²) in [5.41, 5.74) is 5.64. The van der Waals surface area contributed by atoms with Gasteiger partial charge in [0, 0.05) is 12.1 Å². The lowest BCUT2D eigenvalue weighted by atomic mass is 9.77. The molecule has 1 saturated carbocycles. The van der Waals surface area contributed by atoms with Gasteiger partial charge in [0.1, 0.15) is 13.2 Å². The van der Waals surface area contributed by atoms with Crippen molar-refractivity contribution in [3.63, 3.8) is 0 Å². The van der Waals surface area contributed by atoms with E-state index in [1.165, 1.54) is 4.90 Å². The van der Waals surface area contributed by atoms with Crippen LogP contribution in [0.4, 0.5) is 0 Å². The van der Waals surface area contributed by atoms with Gasteiger partial charge < -0.3 is 10.5 Å². The second-order valence-electron chi connectivity index (χ2n) is 4.08. The Balaban J connectivity index is 2.00. The Morgan fingerprint density at radius 2 is 1.86 bits per heavy atom. The fourth-order valence-electron chi connectivity index (χ4n) is 1.80. The molecule has 5 nitrogen and oxygen atoms in total. The van der Waals surface area contributed by atoms with E-state index in [-0.39, 0.29) is 30.6 Å². The second kappa shape index (κ2) is 3.33. The highest BCUT2D eigenvalue weighted by molar-refractivity contribution is 5.98. The summed E-state index contributed by atoms with van der Waals surface area (Å²) < 4.78 is 4.81. The zero-order valence-electron chi connectivity index (χ0n) is 7.99. The number of carbonyl (C=O) groups is 2. The Morgan fingerprint density at radius 3 is 2.29 bits per heavy atom. The van der Waals surface area contributed by atoms with Crippen LogP contribution in [0.2, 0.25) is 0 Å². The standard InChI is InChI=1S/C9H14N2O3/c10-9(2-1-3-9)6-11-7(12)4-14-5-8(11)13/h1-6,10H2. The molecular formula is C9H14N2O3. The molecule has 0 aromatic heterocycles. The average molecular weight is 198 g/mol. The minimum atomic E-state index is -0.331. The number of imide groups is 1. The number of nitrogens with two attached hydrogens (primary N) is 1. The van der Waals surface area contributed by atoms with Crippen molar-refractivity contribution >= 4 is 11.8 Å². The van der Waals surface area contributed by atoms with Gasteiger partial charge in [-0.05, 0) is 19.3 Å². The van der Waals surface area contributed by atoms with Crippen LogP contribution < -0.4 is 5.73 Å². The largest absolute Gasteiger partial charge is 0.362 e. The summed E-state index contributed by atoms with van der Waals surface area (Å²) in [7, 11) is 0. The number of hydrogen-bond acceptors (Lipinski definition) is 4. The van der Waals surface area contributed by atoms with Gasteiger partial charge in [-0.1, -0.05) is 0 Å². The number of carbonyl (C=O) groups excluding carboxylic acids is 2. The Morgan fingerprint density at radius 1 is 1.29 bits per heavy atom. The molecule has 0 aromatic rings. The maximum Gasteiger partial charge on any atom is 0.255 e. The summed E-state index contributed by atoms with van der Waals surface area (Å²) in [6.07, 6.45) is 2.87. The molecule has 78 valence electrons. The van der Waals surface area contributed by atoms with Gasteiger partial charge in [0.2, 0.25) is 0 Å². The number of amides is 2. The zero-order chi connectivity index (χ0) is 10.2. The number of hydrogen-bond donors (Lipinski definition) is 1. The topological polar surface area (TPSA) is 72.6 Å². The SMILES string of the molecule is NC1(CN2C(=O)COCC2=O)CCC1. The van der Waals surface area contributed by atoms with Crippen molar-refractivity contribution < 1.29 is 14.3 Å². The minimum absolute atomic E-state index is 0.00181. The highest BCUT2D eigenvalue weighted by atomic mass is 16.5. The maximum absolute atomic E-state index is 11.3. The first-order chi connectivity index (χ1) is 6.61. The van der Waals surface area contributed by atoms with Crippen LogP contribution in [-0.4, -0.2) is 42.0 Å². The molecule has 1 heterocycles. The Kier molecular flexibility index (Phi) is 2.28. The lowest BCUT2D eigenvalue weighted by Crippen LogP contribution is -2.59. The van der Waals surface area contributed by atoms with E-state index in [0.717, 1.165) is 19.3 Å². The van der Waals surface area contributed by atoms with Crippen molar-refractivity contribution in [3.05, 3.63) is 0 Å². The number of rotatable bonds is 2. The molecule has 2 amide bonds. The van der Waals surface area contributed by atoms with E-state index in [2.05, 4.69) is 0 Å². The third kappa shape index (κ3) is 1.65. The Hall–Kier alpha value is -0.940. The first kappa shape index (κ1) is 9.61. The lowest BCUT2D eigenvalue weighted by molar-refractivity contribution is -0.160. The molecule has 0 bridgehead atoms. The fourth-order valence-corrected chi connectivity index (χ4v) is 1.80. The third-order valence-electron chi connectivity index (χ3n) is 2.88. The van der Waals surface area contributed by atoms with E-state index in [0.29, 0.717) is 6.54 Å². The van der Waals surface area contributed by atoms with Crippen LogP contribution >= 0.6 is 0 Å². The van der Waals surface area contributed by atoms with Gasteiger partial charge in [-0.25, -0.2) is 0 Å². The Labute approximate surface area is 82.2 Å². The van der Waals surface area contributed by atoms with E-state index in [1.54, 1.807) is 0 Å². The van der Waals surface area contributed by atoms with Crippen LogP contribution in [0.1, 0.15) is 19.3 Å². The van der Waals surface area contributed by atoms with Crippen LogP contribution in [0.5, 0.6) is 0 Å². The number of nitrogens with zero attached hydrogens (tertiary/aromatic N) is 1. The zero-order valence-corrected chi connectivity index (χ0v) is 7.99. The monoisotopic (exact) mass is 198 g/mol. The summed E-state index contributed by atoms with van der Waals surface area (Å²) in [6, 6.07) is 0. The molecule has 0 spiro atoms. The van der Waals surface area contributed by atoms with E-state index in [4.69, 9.17) is 10.5 Å². The van der Waals surface area contributed by atoms with Crippen LogP contribution in [0, 0.1) is 0 Å². The third-order valence-corrected chi connectivity index (χ3v) is 2.88. The van der Waals surface area contributed by atoms with Crippen molar-refractivity contribution in [3.8, 4) is 0 Å². The molecule has 0 radical (unpaired) electrons. The molecule has 0 aromatic carbocycles. The van der Waals surface area contributed by atoms with Crippen LogP contribution in [0.3, 0.4) is 0 Å².